The highest BCUT2D eigenvalue weighted by atomic mass is 35.5. The number of aromatic amines is 2. The van der Waals surface area contributed by atoms with E-state index in [1.165, 1.54) is 0 Å². The minimum absolute atomic E-state index is 0.122. The largest absolute Gasteiger partial charge is 0.337 e. The van der Waals surface area contributed by atoms with Crippen molar-refractivity contribution in [2.24, 2.45) is 0 Å². The number of benzene rings is 1. The minimum Gasteiger partial charge on any atom is -0.337 e. The van der Waals surface area contributed by atoms with E-state index in [4.69, 9.17) is 11.6 Å². The molecule has 3 aromatic rings. The van der Waals surface area contributed by atoms with Gasteiger partial charge in [0.05, 0.1) is 22.3 Å². The maximum absolute atomic E-state index is 12.7. The highest BCUT2D eigenvalue weighted by Crippen LogP contribution is 2.42. The summed E-state index contributed by atoms with van der Waals surface area (Å²) >= 11 is 6.01. The van der Waals surface area contributed by atoms with Gasteiger partial charge in [0.2, 0.25) is 0 Å². The van der Waals surface area contributed by atoms with Crippen molar-refractivity contribution in [1.29, 1.82) is 0 Å². The lowest BCUT2D eigenvalue weighted by molar-refractivity contribution is 0.102. The predicted octanol–water partition coefficient (Wildman–Crippen LogP) is 4.01. The number of anilines is 1. The fourth-order valence-electron chi connectivity index (χ4n) is 2.62. The van der Waals surface area contributed by atoms with Crippen LogP contribution in [0.15, 0.2) is 18.2 Å². The van der Waals surface area contributed by atoms with Crippen molar-refractivity contribution >= 4 is 34.2 Å². The lowest BCUT2D eigenvalue weighted by Gasteiger charge is -2.06. The van der Waals surface area contributed by atoms with Crippen LogP contribution in [0.1, 0.15) is 47.1 Å². The molecule has 1 amide bonds. The molecule has 0 radical (unpaired) electrons. The zero-order valence-corrected chi connectivity index (χ0v) is 13.0. The highest BCUT2D eigenvalue weighted by molar-refractivity contribution is 6.33. The van der Waals surface area contributed by atoms with E-state index < -0.39 is 12.2 Å². The normalized spacial score (nSPS) is 14.5. The summed E-state index contributed by atoms with van der Waals surface area (Å²) in [6.07, 6.45) is -0.689. The second-order valence-corrected chi connectivity index (χ2v) is 6.04. The second kappa shape index (κ2) is 5.55. The number of nitrogens with zero attached hydrogens (tertiary/aromatic N) is 2. The summed E-state index contributed by atoms with van der Waals surface area (Å²) in [4.78, 5) is 18.8. The van der Waals surface area contributed by atoms with Gasteiger partial charge in [-0.1, -0.05) is 11.6 Å². The number of imidazole rings is 1. The number of nitrogens with one attached hydrogen (secondary N) is 3. The molecule has 1 aromatic carbocycles. The molecule has 0 atom stereocenters. The van der Waals surface area contributed by atoms with E-state index in [0.717, 1.165) is 18.5 Å². The number of hydrogen-bond acceptors (Lipinski definition) is 3. The molecule has 2 aromatic heterocycles. The van der Waals surface area contributed by atoms with Gasteiger partial charge in [0, 0.05) is 11.6 Å². The molecule has 1 saturated carbocycles. The third-order valence-electron chi connectivity index (χ3n) is 3.93. The Bertz CT molecular complexity index is 931. The number of fused-ring (bicyclic) bond motifs is 1. The van der Waals surface area contributed by atoms with E-state index in [1.807, 2.05) is 0 Å². The van der Waals surface area contributed by atoms with E-state index in [9.17, 15) is 13.6 Å². The van der Waals surface area contributed by atoms with Crippen LogP contribution < -0.4 is 5.32 Å². The summed E-state index contributed by atoms with van der Waals surface area (Å²) < 4.78 is 25.4. The average Bonchev–Trinajstić information content (AvgIpc) is 3.17. The molecule has 0 bridgehead atoms. The monoisotopic (exact) mass is 351 g/mol. The van der Waals surface area contributed by atoms with Crippen LogP contribution in [0.4, 0.5) is 14.5 Å². The first-order valence-corrected chi connectivity index (χ1v) is 7.73. The first-order valence-electron chi connectivity index (χ1n) is 7.36. The first kappa shape index (κ1) is 15.1. The Hall–Kier alpha value is -2.48. The van der Waals surface area contributed by atoms with Gasteiger partial charge in [0.1, 0.15) is 0 Å². The zero-order valence-electron chi connectivity index (χ0n) is 12.2. The lowest BCUT2D eigenvalue weighted by Crippen LogP contribution is -2.13. The predicted molar refractivity (Wildman–Crippen MR) is 84.6 cm³/mol. The fourth-order valence-corrected chi connectivity index (χ4v) is 2.85. The van der Waals surface area contributed by atoms with Gasteiger partial charge < -0.3 is 10.3 Å². The van der Waals surface area contributed by atoms with Gasteiger partial charge in [-0.15, -0.1) is 0 Å². The molecule has 6 nitrogen and oxygen atoms in total. The second-order valence-electron chi connectivity index (χ2n) is 5.69. The van der Waals surface area contributed by atoms with E-state index in [2.05, 4.69) is 25.5 Å². The smallest absolute Gasteiger partial charge is 0.295 e. The molecular formula is C15H12ClF2N5O. The Morgan fingerprint density at radius 2 is 2.17 bits per heavy atom. The SMILES string of the molecule is O=C(Nc1ccc2nc(C(F)F)[nH]c2c1)c1c(Cl)n[nH]c1C1CC1. The summed E-state index contributed by atoms with van der Waals surface area (Å²) in [6.45, 7) is 0. The van der Waals surface area contributed by atoms with E-state index in [1.54, 1.807) is 18.2 Å². The number of rotatable bonds is 4. The van der Waals surface area contributed by atoms with Crippen molar-refractivity contribution in [2.45, 2.75) is 25.2 Å². The van der Waals surface area contributed by atoms with Gasteiger partial charge in [-0.05, 0) is 31.0 Å². The van der Waals surface area contributed by atoms with Crippen molar-refractivity contribution in [2.75, 3.05) is 5.32 Å². The van der Waals surface area contributed by atoms with Gasteiger partial charge in [-0.2, -0.15) is 5.10 Å². The average molecular weight is 352 g/mol. The number of carbonyl (C=O) groups excluding carboxylic acids is 1. The fraction of sp³-hybridized carbons (Fsp3) is 0.267. The molecule has 1 aliphatic rings. The molecule has 124 valence electrons. The van der Waals surface area contributed by atoms with Crippen LogP contribution in [0.25, 0.3) is 11.0 Å². The Balaban J connectivity index is 1.62. The Morgan fingerprint density at radius 1 is 1.38 bits per heavy atom. The van der Waals surface area contributed by atoms with Crippen LogP contribution >= 0.6 is 11.6 Å². The third kappa shape index (κ3) is 2.62. The number of carbonyl (C=O) groups is 1. The van der Waals surface area contributed by atoms with E-state index >= 15 is 0 Å². The molecule has 4 rings (SSSR count). The highest BCUT2D eigenvalue weighted by Gasteiger charge is 2.32. The minimum atomic E-state index is -2.68. The molecule has 0 unspecified atom stereocenters. The van der Waals surface area contributed by atoms with Crippen molar-refractivity contribution in [3.8, 4) is 0 Å². The molecule has 0 spiro atoms. The van der Waals surface area contributed by atoms with Crippen molar-refractivity contribution in [3.05, 3.63) is 40.4 Å². The van der Waals surface area contributed by atoms with Crippen molar-refractivity contribution in [1.82, 2.24) is 20.2 Å². The Morgan fingerprint density at radius 3 is 2.88 bits per heavy atom. The maximum atomic E-state index is 12.7. The Labute approximate surface area is 139 Å². The molecule has 3 N–H and O–H groups in total. The number of aromatic nitrogens is 4. The summed E-state index contributed by atoms with van der Waals surface area (Å²) in [6, 6.07) is 4.71. The summed E-state index contributed by atoms with van der Waals surface area (Å²) in [5.41, 5.74) is 2.35. The van der Waals surface area contributed by atoms with Crippen molar-refractivity contribution < 1.29 is 13.6 Å². The number of H-pyrrole nitrogens is 2. The molecule has 2 heterocycles. The molecular weight excluding hydrogens is 340 g/mol. The van der Waals surface area contributed by atoms with Gasteiger partial charge in [0.25, 0.3) is 12.3 Å². The molecule has 1 aliphatic carbocycles. The van der Waals surface area contributed by atoms with Gasteiger partial charge >= 0.3 is 0 Å². The van der Waals surface area contributed by atoms with Gasteiger partial charge in [-0.25, -0.2) is 13.8 Å². The first-order chi connectivity index (χ1) is 11.5. The standard InChI is InChI=1S/C15H12ClF2N5O/c16-12-10(11(22-23-12)6-1-2-6)15(24)19-7-3-4-8-9(5-7)21-14(20-8)13(17)18/h3-6,13H,1-2H2,(H,19,24)(H,20,21)(H,22,23). The maximum Gasteiger partial charge on any atom is 0.295 e. The van der Waals surface area contributed by atoms with E-state index in [0.29, 0.717) is 22.3 Å². The number of hydrogen-bond donors (Lipinski definition) is 3. The van der Waals surface area contributed by atoms with Crippen LogP contribution in [0.5, 0.6) is 0 Å². The number of amides is 1. The molecule has 24 heavy (non-hydrogen) atoms. The molecule has 0 saturated heterocycles. The van der Waals surface area contributed by atoms with Crippen LogP contribution in [-0.4, -0.2) is 26.1 Å². The quantitative estimate of drug-likeness (QED) is 0.663. The molecule has 0 aliphatic heterocycles. The summed E-state index contributed by atoms with van der Waals surface area (Å²) in [7, 11) is 0. The number of alkyl halides is 2. The lowest BCUT2D eigenvalue weighted by atomic mass is 10.1. The molecule has 9 heteroatoms. The van der Waals surface area contributed by atoms with Crippen molar-refractivity contribution in [3.63, 3.8) is 0 Å². The van der Waals surface area contributed by atoms with Crippen LogP contribution in [0.3, 0.4) is 0 Å². The van der Waals surface area contributed by atoms with Crippen LogP contribution in [-0.2, 0) is 0 Å². The number of halogens is 3. The molecule has 1 fully saturated rings. The topological polar surface area (TPSA) is 86.5 Å². The van der Waals surface area contributed by atoms with Gasteiger partial charge in [-0.3, -0.25) is 9.89 Å². The van der Waals surface area contributed by atoms with E-state index in [-0.39, 0.29) is 17.0 Å². The van der Waals surface area contributed by atoms with Crippen LogP contribution in [0.2, 0.25) is 5.15 Å². The zero-order chi connectivity index (χ0) is 16.8. The van der Waals surface area contributed by atoms with Crippen LogP contribution in [0, 0.1) is 0 Å². The summed E-state index contributed by atoms with van der Waals surface area (Å²) in [5, 5.41) is 9.54. The van der Waals surface area contributed by atoms with Gasteiger partial charge in [0.15, 0.2) is 11.0 Å². The third-order valence-corrected chi connectivity index (χ3v) is 4.20. The summed E-state index contributed by atoms with van der Waals surface area (Å²) in [5.74, 6) is -0.500. The Kier molecular flexibility index (Phi) is 3.49.